The monoisotopic (exact) mass is 391 g/mol. The maximum atomic E-state index is 13.8. The van der Waals surface area contributed by atoms with Crippen LogP contribution in [-0.4, -0.2) is 10.8 Å². The van der Waals surface area contributed by atoms with Gasteiger partial charge in [-0.25, -0.2) is 4.39 Å². The molecule has 1 unspecified atom stereocenters. The number of fused-ring (bicyclic) bond motifs is 1. The number of hydrogen-bond donors (Lipinski definition) is 0. The van der Waals surface area contributed by atoms with E-state index in [4.69, 9.17) is 0 Å². The first-order chi connectivity index (χ1) is 10.2. The van der Waals surface area contributed by atoms with Crippen molar-refractivity contribution in [1.82, 2.24) is 4.98 Å². The van der Waals surface area contributed by atoms with Gasteiger partial charge in [-0.1, -0.05) is 65.1 Å². The number of rotatable bonds is 3. The van der Waals surface area contributed by atoms with Crippen LogP contribution >= 0.6 is 22.6 Å². The minimum absolute atomic E-state index is 0.0995. The normalized spacial score (nSPS) is 12.3. The third-order valence-electron chi connectivity index (χ3n) is 3.36. The fourth-order valence-electron chi connectivity index (χ4n) is 2.31. The number of ketones is 1. The predicted octanol–water partition coefficient (Wildman–Crippen LogP) is 4.73. The molecule has 0 spiro atoms. The summed E-state index contributed by atoms with van der Waals surface area (Å²) in [5.41, 5.74) is 0.979. The molecule has 0 saturated carbocycles. The SMILES string of the molecule is O=C(c1cccc2ccccc12)C(I)c1ccncc1F. The molecule has 2 aromatic carbocycles. The summed E-state index contributed by atoms with van der Waals surface area (Å²) in [6.07, 6.45) is 2.64. The van der Waals surface area contributed by atoms with Gasteiger partial charge in [0.2, 0.25) is 0 Å². The average Bonchev–Trinajstić information content (AvgIpc) is 2.53. The Morgan fingerprint density at radius 2 is 1.86 bits per heavy atom. The smallest absolute Gasteiger partial charge is 0.180 e. The molecule has 3 aromatic rings. The van der Waals surface area contributed by atoms with Gasteiger partial charge in [-0.05, 0) is 16.8 Å². The fraction of sp³-hybridized carbons (Fsp3) is 0.0588. The number of aromatic nitrogens is 1. The Bertz CT molecular complexity index is 813. The van der Waals surface area contributed by atoms with E-state index in [1.807, 2.05) is 59.0 Å². The Morgan fingerprint density at radius 1 is 1.10 bits per heavy atom. The molecule has 2 nitrogen and oxygen atoms in total. The fourth-order valence-corrected chi connectivity index (χ4v) is 3.15. The summed E-state index contributed by atoms with van der Waals surface area (Å²) in [6, 6.07) is 14.8. The zero-order valence-electron chi connectivity index (χ0n) is 11.0. The molecular weight excluding hydrogens is 380 g/mol. The van der Waals surface area contributed by atoms with Gasteiger partial charge in [-0.3, -0.25) is 9.78 Å². The van der Waals surface area contributed by atoms with Crippen LogP contribution in [0.2, 0.25) is 0 Å². The average molecular weight is 391 g/mol. The molecule has 1 aromatic heterocycles. The Hall–Kier alpha value is -1.82. The lowest BCUT2D eigenvalue weighted by Gasteiger charge is -2.12. The standard InChI is InChI=1S/C17H11FINO/c18-15-10-20-9-8-14(15)16(19)17(21)13-7-3-5-11-4-1-2-6-12(11)13/h1-10,16H. The molecule has 0 aliphatic heterocycles. The van der Waals surface area contributed by atoms with E-state index in [0.717, 1.165) is 17.0 Å². The highest BCUT2D eigenvalue weighted by molar-refractivity contribution is 14.1. The first kappa shape index (κ1) is 14.1. The summed E-state index contributed by atoms with van der Waals surface area (Å²) in [7, 11) is 0. The van der Waals surface area contributed by atoms with Crippen molar-refractivity contribution in [2.75, 3.05) is 0 Å². The molecule has 3 rings (SSSR count). The summed E-state index contributed by atoms with van der Waals surface area (Å²) in [4.78, 5) is 16.4. The first-order valence-corrected chi connectivity index (χ1v) is 7.68. The Balaban J connectivity index is 2.07. The van der Waals surface area contributed by atoms with Gasteiger partial charge in [-0.15, -0.1) is 0 Å². The Kier molecular flexibility index (Phi) is 3.96. The van der Waals surface area contributed by atoms with Gasteiger partial charge < -0.3 is 0 Å². The number of Topliss-reactive ketones (excluding diaryl/α,β-unsaturated/α-hetero) is 1. The summed E-state index contributed by atoms with van der Waals surface area (Å²) in [5.74, 6) is -0.553. The van der Waals surface area contributed by atoms with Crippen molar-refractivity contribution in [3.63, 3.8) is 0 Å². The van der Waals surface area contributed by atoms with E-state index in [2.05, 4.69) is 4.98 Å². The molecule has 1 heterocycles. The number of pyridine rings is 1. The molecule has 4 heteroatoms. The van der Waals surface area contributed by atoms with E-state index in [1.165, 1.54) is 6.20 Å². The quantitative estimate of drug-likeness (QED) is 0.367. The lowest BCUT2D eigenvalue weighted by molar-refractivity contribution is 0.0995. The zero-order valence-corrected chi connectivity index (χ0v) is 13.1. The molecule has 0 radical (unpaired) electrons. The van der Waals surface area contributed by atoms with Gasteiger partial charge in [0.25, 0.3) is 0 Å². The second kappa shape index (κ2) is 5.89. The van der Waals surface area contributed by atoms with Crippen LogP contribution < -0.4 is 0 Å². The molecule has 104 valence electrons. The first-order valence-electron chi connectivity index (χ1n) is 6.44. The molecule has 21 heavy (non-hydrogen) atoms. The summed E-state index contributed by atoms with van der Waals surface area (Å²) < 4.78 is 13.2. The van der Waals surface area contributed by atoms with Gasteiger partial charge in [-0.2, -0.15) is 0 Å². The molecule has 0 amide bonds. The summed E-state index contributed by atoms with van der Waals surface area (Å²) >= 11 is 1.98. The van der Waals surface area contributed by atoms with E-state index in [9.17, 15) is 9.18 Å². The molecule has 0 fully saturated rings. The van der Waals surface area contributed by atoms with Gasteiger partial charge in [0.15, 0.2) is 5.78 Å². The van der Waals surface area contributed by atoms with Crippen molar-refractivity contribution in [3.8, 4) is 0 Å². The number of carbonyl (C=O) groups is 1. The minimum Gasteiger partial charge on any atom is -0.293 e. The highest BCUT2D eigenvalue weighted by Gasteiger charge is 2.23. The molecule has 0 aliphatic rings. The van der Waals surface area contributed by atoms with Crippen LogP contribution in [0, 0.1) is 5.82 Å². The summed E-state index contributed by atoms with van der Waals surface area (Å²) in [6.45, 7) is 0. The molecular formula is C17H11FINO. The van der Waals surface area contributed by atoms with Crippen LogP contribution in [0.5, 0.6) is 0 Å². The van der Waals surface area contributed by atoms with Crippen molar-refractivity contribution in [2.24, 2.45) is 0 Å². The van der Waals surface area contributed by atoms with Crippen molar-refractivity contribution < 1.29 is 9.18 Å². The highest BCUT2D eigenvalue weighted by atomic mass is 127. The lowest BCUT2D eigenvalue weighted by atomic mass is 9.97. The van der Waals surface area contributed by atoms with Crippen molar-refractivity contribution in [2.45, 2.75) is 3.92 Å². The van der Waals surface area contributed by atoms with Crippen molar-refractivity contribution in [3.05, 3.63) is 77.9 Å². The van der Waals surface area contributed by atoms with E-state index in [-0.39, 0.29) is 5.78 Å². The van der Waals surface area contributed by atoms with E-state index >= 15 is 0 Å². The van der Waals surface area contributed by atoms with Crippen molar-refractivity contribution in [1.29, 1.82) is 0 Å². The van der Waals surface area contributed by atoms with E-state index in [0.29, 0.717) is 11.1 Å². The number of alkyl halides is 1. The topological polar surface area (TPSA) is 30.0 Å². The van der Waals surface area contributed by atoms with Crippen LogP contribution in [0.1, 0.15) is 19.8 Å². The van der Waals surface area contributed by atoms with Crippen molar-refractivity contribution >= 4 is 39.1 Å². The number of hydrogen-bond acceptors (Lipinski definition) is 2. The maximum Gasteiger partial charge on any atom is 0.180 e. The Morgan fingerprint density at radius 3 is 2.67 bits per heavy atom. The highest BCUT2D eigenvalue weighted by Crippen LogP contribution is 2.31. The molecule has 0 N–H and O–H groups in total. The van der Waals surface area contributed by atoms with Crippen LogP contribution in [-0.2, 0) is 0 Å². The minimum atomic E-state index is -0.573. The third-order valence-corrected chi connectivity index (χ3v) is 4.60. The number of halogens is 2. The third kappa shape index (κ3) is 2.68. The number of nitrogens with zero attached hydrogens (tertiary/aromatic N) is 1. The maximum absolute atomic E-state index is 13.8. The summed E-state index contributed by atoms with van der Waals surface area (Å²) in [5, 5.41) is 1.89. The lowest BCUT2D eigenvalue weighted by Crippen LogP contribution is -2.09. The van der Waals surface area contributed by atoms with E-state index < -0.39 is 9.74 Å². The van der Waals surface area contributed by atoms with Gasteiger partial charge in [0.1, 0.15) is 9.74 Å². The van der Waals surface area contributed by atoms with Gasteiger partial charge in [0, 0.05) is 17.3 Å². The van der Waals surface area contributed by atoms with Crippen LogP contribution in [0.25, 0.3) is 10.8 Å². The van der Waals surface area contributed by atoms with Crippen LogP contribution in [0.4, 0.5) is 4.39 Å². The zero-order chi connectivity index (χ0) is 14.8. The largest absolute Gasteiger partial charge is 0.293 e. The van der Waals surface area contributed by atoms with Crippen LogP contribution in [0.3, 0.4) is 0 Å². The number of carbonyl (C=O) groups excluding carboxylic acids is 1. The van der Waals surface area contributed by atoms with Crippen LogP contribution in [0.15, 0.2) is 60.9 Å². The predicted molar refractivity (Wildman–Crippen MR) is 89.2 cm³/mol. The molecule has 1 atom stereocenters. The molecule has 0 bridgehead atoms. The second-order valence-electron chi connectivity index (χ2n) is 4.65. The number of benzene rings is 2. The molecule has 0 saturated heterocycles. The second-order valence-corrected chi connectivity index (χ2v) is 5.90. The van der Waals surface area contributed by atoms with Gasteiger partial charge >= 0.3 is 0 Å². The Labute approximate surface area is 135 Å². The van der Waals surface area contributed by atoms with E-state index in [1.54, 1.807) is 12.1 Å². The molecule has 0 aliphatic carbocycles. The van der Waals surface area contributed by atoms with Gasteiger partial charge in [0.05, 0.1) is 6.20 Å².